The van der Waals surface area contributed by atoms with E-state index < -0.39 is 11.6 Å². The summed E-state index contributed by atoms with van der Waals surface area (Å²) in [5, 5.41) is 3.49. The van der Waals surface area contributed by atoms with Crippen molar-refractivity contribution < 1.29 is 13.5 Å². The lowest BCUT2D eigenvalue weighted by Crippen LogP contribution is -2.34. The highest BCUT2D eigenvalue weighted by atomic mass is 19.1. The zero-order valence-electron chi connectivity index (χ0n) is 19.7. The third-order valence-corrected chi connectivity index (χ3v) is 7.45. The molecule has 1 aliphatic heterocycles. The summed E-state index contributed by atoms with van der Waals surface area (Å²) in [5.41, 5.74) is 7.04. The summed E-state index contributed by atoms with van der Waals surface area (Å²) >= 11 is 0. The maximum atomic E-state index is 14.0. The molecule has 4 unspecified atom stereocenters. The van der Waals surface area contributed by atoms with E-state index in [-0.39, 0.29) is 17.8 Å². The fraction of sp³-hybridized carbons (Fsp3) is 0.333. The minimum Gasteiger partial charge on any atom is -0.380 e. The second-order valence-corrected chi connectivity index (χ2v) is 9.64. The van der Waals surface area contributed by atoms with Crippen molar-refractivity contribution in [3.05, 3.63) is 118 Å². The van der Waals surface area contributed by atoms with Crippen LogP contribution in [0.3, 0.4) is 0 Å². The first kappa shape index (κ1) is 22.9. The van der Waals surface area contributed by atoms with Crippen LogP contribution in [0.2, 0.25) is 0 Å². The van der Waals surface area contributed by atoms with Crippen molar-refractivity contribution in [2.75, 3.05) is 26.8 Å². The molecule has 1 N–H and O–H groups in total. The summed E-state index contributed by atoms with van der Waals surface area (Å²) in [5.74, 6) is -0.188. The van der Waals surface area contributed by atoms with Gasteiger partial charge in [0.25, 0.3) is 0 Å². The largest absolute Gasteiger partial charge is 0.380 e. The van der Waals surface area contributed by atoms with Crippen LogP contribution in [0.25, 0.3) is 0 Å². The lowest BCUT2D eigenvalue weighted by atomic mass is 9.73. The van der Waals surface area contributed by atoms with Gasteiger partial charge < -0.3 is 10.1 Å². The normalized spacial score (nSPS) is 26.1. The topological polar surface area (TPSA) is 21.3 Å². The maximum absolute atomic E-state index is 14.0. The number of aryl methyl sites for hydroxylation is 1. The van der Waals surface area contributed by atoms with Crippen molar-refractivity contribution in [3.8, 4) is 0 Å². The van der Waals surface area contributed by atoms with Gasteiger partial charge in [-0.2, -0.15) is 0 Å². The molecule has 3 aliphatic rings. The second kappa shape index (κ2) is 9.81. The molecule has 0 spiro atoms. The lowest BCUT2D eigenvalue weighted by molar-refractivity contribution is 0.227. The molecule has 4 heteroatoms. The first-order chi connectivity index (χ1) is 16.5. The van der Waals surface area contributed by atoms with E-state index in [1.165, 1.54) is 40.0 Å². The van der Waals surface area contributed by atoms with Crippen LogP contribution in [0.1, 0.15) is 46.4 Å². The summed E-state index contributed by atoms with van der Waals surface area (Å²) in [6.07, 6.45) is 14.1. The number of ether oxygens (including phenoxy) is 1. The number of allylic oxidation sites excluding steroid dienone is 6. The number of methoxy groups -OCH3 is 1. The van der Waals surface area contributed by atoms with Crippen LogP contribution < -0.4 is 5.32 Å². The van der Waals surface area contributed by atoms with Crippen LogP contribution in [-0.2, 0) is 4.74 Å². The monoisotopic (exact) mass is 459 g/mol. The number of benzene rings is 2. The Bertz CT molecular complexity index is 1170. The van der Waals surface area contributed by atoms with E-state index in [2.05, 4.69) is 66.9 Å². The Labute approximate surface area is 200 Å². The average molecular weight is 460 g/mol. The summed E-state index contributed by atoms with van der Waals surface area (Å²) in [7, 11) is 1.73. The van der Waals surface area contributed by atoms with Crippen LogP contribution in [0, 0.1) is 24.5 Å². The number of piperidine rings is 1. The van der Waals surface area contributed by atoms with E-state index >= 15 is 0 Å². The van der Waals surface area contributed by atoms with E-state index in [0.29, 0.717) is 12.5 Å². The molecule has 2 aromatic rings. The molecule has 176 valence electrons. The molecule has 0 amide bonds. The number of rotatable bonds is 5. The third kappa shape index (κ3) is 4.57. The van der Waals surface area contributed by atoms with Gasteiger partial charge in [-0.05, 0) is 71.3 Å². The van der Waals surface area contributed by atoms with Gasteiger partial charge >= 0.3 is 0 Å². The predicted molar refractivity (Wildman–Crippen MR) is 133 cm³/mol. The Kier molecular flexibility index (Phi) is 6.62. The van der Waals surface area contributed by atoms with Crippen LogP contribution in [-0.4, -0.2) is 26.8 Å². The number of nitrogens with one attached hydrogen (secondary N) is 1. The average Bonchev–Trinajstić information content (AvgIpc) is 2.83. The molecule has 2 aliphatic carbocycles. The Hall–Kier alpha value is -2.82. The number of fused-ring (bicyclic) bond motifs is 1. The van der Waals surface area contributed by atoms with E-state index in [9.17, 15) is 8.78 Å². The minimum absolute atomic E-state index is 0.0862. The maximum Gasteiger partial charge on any atom is 0.126 e. The molecule has 0 saturated carbocycles. The quantitative estimate of drug-likeness (QED) is 0.553. The SMILES string of the molecule is COCC1=CC2C(=CC=CC2c2ccc(C3CNCCC3c3cc(F)cc(F)c3)c(C)c2)C=C1. The Morgan fingerprint density at radius 2 is 1.79 bits per heavy atom. The Balaban J connectivity index is 1.45. The van der Waals surface area contributed by atoms with Crippen molar-refractivity contribution in [2.24, 2.45) is 5.92 Å². The highest BCUT2D eigenvalue weighted by molar-refractivity contribution is 5.49. The van der Waals surface area contributed by atoms with Gasteiger partial charge in [0.15, 0.2) is 0 Å². The van der Waals surface area contributed by atoms with E-state index in [4.69, 9.17) is 4.74 Å². The molecule has 34 heavy (non-hydrogen) atoms. The molecular weight excluding hydrogens is 428 g/mol. The number of halogens is 2. The van der Waals surface area contributed by atoms with Gasteiger partial charge in [-0.25, -0.2) is 8.78 Å². The smallest absolute Gasteiger partial charge is 0.126 e. The molecular formula is C30H31F2NO. The van der Waals surface area contributed by atoms with Gasteiger partial charge in [-0.3, -0.25) is 0 Å². The summed E-state index contributed by atoms with van der Waals surface area (Å²) in [4.78, 5) is 0. The van der Waals surface area contributed by atoms with Crippen LogP contribution in [0.15, 0.2) is 84.0 Å². The lowest BCUT2D eigenvalue weighted by Gasteiger charge is -2.35. The van der Waals surface area contributed by atoms with E-state index in [1.54, 1.807) is 7.11 Å². The van der Waals surface area contributed by atoms with Crippen molar-refractivity contribution in [1.82, 2.24) is 5.32 Å². The summed E-state index contributed by atoms with van der Waals surface area (Å²) in [6.45, 7) is 4.43. The van der Waals surface area contributed by atoms with Crippen molar-refractivity contribution in [1.29, 1.82) is 0 Å². The molecule has 1 fully saturated rings. The Morgan fingerprint density at radius 1 is 0.971 bits per heavy atom. The van der Waals surface area contributed by atoms with Gasteiger partial charge in [0.05, 0.1) is 6.61 Å². The van der Waals surface area contributed by atoms with Crippen LogP contribution in [0.5, 0.6) is 0 Å². The molecule has 0 bridgehead atoms. The van der Waals surface area contributed by atoms with Crippen molar-refractivity contribution in [2.45, 2.75) is 31.1 Å². The first-order valence-electron chi connectivity index (χ1n) is 12.1. The zero-order chi connectivity index (χ0) is 23.7. The predicted octanol–water partition coefficient (Wildman–Crippen LogP) is 6.47. The molecule has 2 nitrogen and oxygen atoms in total. The Morgan fingerprint density at radius 3 is 2.56 bits per heavy atom. The second-order valence-electron chi connectivity index (χ2n) is 9.64. The van der Waals surface area contributed by atoms with Crippen molar-refractivity contribution >= 4 is 0 Å². The molecule has 0 radical (unpaired) electrons. The van der Waals surface area contributed by atoms with Crippen LogP contribution in [0.4, 0.5) is 8.78 Å². The highest BCUT2D eigenvalue weighted by Crippen LogP contribution is 2.42. The minimum atomic E-state index is -0.505. The number of hydrogen-bond acceptors (Lipinski definition) is 2. The molecule has 4 atom stereocenters. The van der Waals surface area contributed by atoms with Gasteiger partial charge in [0.2, 0.25) is 0 Å². The fourth-order valence-electron chi connectivity index (χ4n) is 5.86. The fourth-order valence-corrected chi connectivity index (χ4v) is 5.86. The van der Waals surface area contributed by atoms with Gasteiger partial charge in [-0.1, -0.05) is 54.7 Å². The highest BCUT2D eigenvalue weighted by Gasteiger charge is 2.31. The molecule has 2 aromatic carbocycles. The van der Waals surface area contributed by atoms with E-state index in [0.717, 1.165) is 31.1 Å². The standard InChI is InChI=1S/C30H31F2NO/c1-19-12-22(27-5-3-4-21-7-6-20(18-34-2)13-29(21)27)8-9-26(19)30-17-33-11-10-28(30)23-14-24(31)16-25(32)15-23/h3-9,12-16,27-30,33H,10-11,17-18H2,1-2H3. The summed E-state index contributed by atoms with van der Waals surface area (Å²) < 4.78 is 33.3. The molecule has 0 aromatic heterocycles. The zero-order valence-corrected chi connectivity index (χ0v) is 19.7. The first-order valence-corrected chi connectivity index (χ1v) is 12.1. The van der Waals surface area contributed by atoms with Gasteiger partial charge in [0.1, 0.15) is 11.6 Å². The van der Waals surface area contributed by atoms with Crippen molar-refractivity contribution in [3.63, 3.8) is 0 Å². The number of hydrogen-bond donors (Lipinski definition) is 1. The van der Waals surface area contributed by atoms with E-state index in [1.807, 2.05) is 0 Å². The third-order valence-electron chi connectivity index (χ3n) is 7.45. The van der Waals surface area contributed by atoms with Gasteiger partial charge in [0, 0.05) is 37.5 Å². The molecule has 1 heterocycles. The molecule has 1 saturated heterocycles. The molecule has 5 rings (SSSR count). The summed E-state index contributed by atoms with van der Waals surface area (Å²) in [6, 6.07) is 10.7. The van der Waals surface area contributed by atoms with Crippen LogP contribution >= 0.6 is 0 Å². The van der Waals surface area contributed by atoms with Gasteiger partial charge in [-0.15, -0.1) is 0 Å².